The zero-order chi connectivity index (χ0) is 27.6. The van der Waals surface area contributed by atoms with E-state index >= 15 is 0 Å². The van der Waals surface area contributed by atoms with Gasteiger partial charge in [0, 0.05) is 17.3 Å². The third-order valence-electron chi connectivity index (χ3n) is 6.83. The van der Waals surface area contributed by atoms with Gasteiger partial charge in [0.15, 0.2) is 0 Å². The van der Waals surface area contributed by atoms with Crippen LogP contribution in [0.1, 0.15) is 11.1 Å². The Labute approximate surface area is 239 Å². The zero-order valence-corrected chi connectivity index (χ0v) is 23.0. The van der Waals surface area contributed by atoms with Gasteiger partial charge in [-0.2, -0.15) is 9.40 Å². The Hall–Kier alpha value is -4.18. The maximum absolute atomic E-state index is 13.7. The van der Waals surface area contributed by atoms with Crippen LogP contribution < -0.4 is 5.32 Å². The van der Waals surface area contributed by atoms with Gasteiger partial charge in [-0.3, -0.25) is 4.79 Å². The average molecular weight is 567 g/mol. The number of carbonyl (C=O) groups is 1. The highest BCUT2D eigenvalue weighted by Crippen LogP contribution is 2.32. The minimum Gasteiger partial charge on any atom is -0.480 e. The van der Waals surface area contributed by atoms with E-state index in [0.717, 1.165) is 33.2 Å². The Morgan fingerprint density at radius 3 is 2.38 bits per heavy atom. The van der Waals surface area contributed by atoms with E-state index in [2.05, 4.69) is 42.2 Å². The molecule has 1 fully saturated rings. The van der Waals surface area contributed by atoms with Crippen molar-refractivity contribution in [3.8, 4) is 16.9 Å². The molecule has 9 heteroatoms. The molecule has 4 aromatic carbocycles. The predicted octanol–water partition coefficient (Wildman–Crippen LogP) is 5.47. The number of hydrogen-bond donors (Lipinski definition) is 3. The van der Waals surface area contributed by atoms with Crippen molar-refractivity contribution in [2.45, 2.75) is 18.0 Å². The van der Waals surface area contributed by atoms with Gasteiger partial charge in [-0.1, -0.05) is 84.9 Å². The van der Waals surface area contributed by atoms with Gasteiger partial charge in [0.1, 0.15) is 33.2 Å². The second-order valence-corrected chi connectivity index (χ2v) is 11.3. The number of aliphatic carboxylic acids is 1. The van der Waals surface area contributed by atoms with E-state index in [4.69, 9.17) is 5.10 Å². The summed E-state index contributed by atoms with van der Waals surface area (Å²) in [6.07, 6.45) is 3.86. The first-order chi connectivity index (χ1) is 19.5. The number of carboxylic acids is 1. The first-order valence-corrected chi connectivity index (χ1v) is 14.4. The molecule has 0 aliphatic carbocycles. The fourth-order valence-corrected chi connectivity index (χ4v) is 6.80. The van der Waals surface area contributed by atoms with Crippen molar-refractivity contribution in [3.63, 3.8) is 0 Å². The van der Waals surface area contributed by atoms with Crippen molar-refractivity contribution in [3.05, 3.63) is 125 Å². The molecule has 5 aromatic rings. The zero-order valence-electron chi connectivity index (χ0n) is 21.3. The predicted molar refractivity (Wildman–Crippen MR) is 162 cm³/mol. The lowest BCUT2D eigenvalue weighted by molar-refractivity contribution is -0.141. The van der Waals surface area contributed by atoms with Gasteiger partial charge in [-0.05, 0) is 47.0 Å². The second-order valence-electron chi connectivity index (χ2n) is 9.45. The van der Waals surface area contributed by atoms with Crippen LogP contribution in [0.2, 0.25) is 0 Å². The van der Waals surface area contributed by atoms with Crippen molar-refractivity contribution in [2.24, 2.45) is 0 Å². The highest BCUT2D eigenvalue weighted by atomic mass is 32.2. The number of fused-ring (bicyclic) bond motifs is 1. The third-order valence-corrected chi connectivity index (χ3v) is 8.82. The van der Waals surface area contributed by atoms with Crippen LogP contribution in [0.4, 0.5) is 0 Å². The van der Waals surface area contributed by atoms with Crippen LogP contribution in [0.15, 0.2) is 114 Å². The van der Waals surface area contributed by atoms with Gasteiger partial charge in [0.25, 0.3) is 0 Å². The summed E-state index contributed by atoms with van der Waals surface area (Å²) in [6, 6.07) is 32.3. The van der Waals surface area contributed by atoms with Gasteiger partial charge < -0.3 is 10.4 Å². The summed E-state index contributed by atoms with van der Waals surface area (Å²) in [5.41, 5.74) is 3.35. The molecule has 1 unspecified atom stereocenters. The fraction of sp³-hybridized carbons (Fsp3) is 0.0968. The molecule has 200 valence electrons. The van der Waals surface area contributed by atoms with Crippen LogP contribution in [0, 0.1) is 0 Å². The summed E-state index contributed by atoms with van der Waals surface area (Å²) in [5, 5.41) is 20.7. The standard InChI is InChI=1S/C31H26N4O3S2/c36-30(37)27(17-21-9-3-1-4-10-21)35-31(39)32-28(40(35)38)19-25-20-34(26-13-5-2-6-14-26)33-29(25)24-16-15-22-11-7-8-12-23(22)18-24/h1-16,18-20,27,31-32,39H,17H2,(H,36,37)/b28-19-/t27-,31-,40?/m0/s1. The average Bonchev–Trinajstić information content (AvgIpc) is 3.52. The van der Waals surface area contributed by atoms with E-state index in [1.54, 1.807) is 10.8 Å². The summed E-state index contributed by atoms with van der Waals surface area (Å²) in [5.74, 6) is -1.06. The minimum atomic E-state index is -1.79. The summed E-state index contributed by atoms with van der Waals surface area (Å²) in [6.45, 7) is 0. The lowest BCUT2D eigenvalue weighted by Crippen LogP contribution is -2.45. The molecule has 0 saturated carbocycles. The maximum Gasteiger partial charge on any atom is 0.322 e. The number of carboxylic acid groups (broad SMARTS) is 1. The van der Waals surface area contributed by atoms with E-state index in [-0.39, 0.29) is 6.42 Å². The monoisotopic (exact) mass is 566 g/mol. The van der Waals surface area contributed by atoms with Gasteiger partial charge in [-0.25, -0.2) is 8.89 Å². The SMILES string of the molecule is O=C(O)[C@H](Cc1ccccc1)N1[C@@H](S)N/C(=C/c2cn(-c3ccccc3)nc2-c2ccc3ccccc3c2)S1=O. The summed E-state index contributed by atoms with van der Waals surface area (Å²) in [7, 11) is -1.79. The number of nitrogens with zero attached hydrogens (tertiary/aromatic N) is 3. The van der Waals surface area contributed by atoms with Crippen molar-refractivity contribution < 1.29 is 14.1 Å². The Morgan fingerprint density at radius 2 is 1.65 bits per heavy atom. The largest absolute Gasteiger partial charge is 0.480 e. The molecule has 1 saturated heterocycles. The van der Waals surface area contributed by atoms with E-state index in [1.807, 2.05) is 85.1 Å². The normalized spacial score (nSPS) is 19.1. The van der Waals surface area contributed by atoms with Gasteiger partial charge in [-0.15, -0.1) is 12.6 Å². The molecular formula is C31H26N4O3S2. The molecule has 0 bridgehead atoms. The van der Waals surface area contributed by atoms with Crippen molar-refractivity contribution in [1.82, 2.24) is 19.4 Å². The highest BCUT2D eigenvalue weighted by molar-refractivity contribution is 7.89. The Morgan fingerprint density at radius 1 is 0.975 bits per heavy atom. The fourth-order valence-electron chi connectivity index (χ4n) is 4.86. The Bertz CT molecular complexity index is 1740. The van der Waals surface area contributed by atoms with Gasteiger partial charge in [0.05, 0.1) is 5.69 Å². The summed E-state index contributed by atoms with van der Waals surface area (Å²) < 4.78 is 16.9. The molecule has 0 amide bonds. The lowest BCUT2D eigenvalue weighted by atomic mass is 10.0. The number of rotatable bonds is 7. The molecule has 1 aliphatic rings. The van der Waals surface area contributed by atoms with Crippen LogP contribution in [0.5, 0.6) is 0 Å². The van der Waals surface area contributed by atoms with Crippen molar-refractivity contribution >= 4 is 46.4 Å². The van der Waals surface area contributed by atoms with E-state index < -0.39 is 28.5 Å². The molecule has 1 aliphatic heterocycles. The van der Waals surface area contributed by atoms with E-state index in [9.17, 15) is 14.1 Å². The molecule has 40 heavy (non-hydrogen) atoms. The van der Waals surface area contributed by atoms with Crippen LogP contribution in [0.3, 0.4) is 0 Å². The molecule has 0 radical (unpaired) electrons. The highest BCUT2D eigenvalue weighted by Gasteiger charge is 2.41. The molecule has 2 heterocycles. The molecule has 3 atom stereocenters. The summed E-state index contributed by atoms with van der Waals surface area (Å²) in [4.78, 5) is 12.3. The number of hydrogen-bond acceptors (Lipinski definition) is 5. The number of para-hydroxylation sites is 1. The van der Waals surface area contributed by atoms with E-state index in [1.165, 1.54) is 4.31 Å². The van der Waals surface area contributed by atoms with Crippen LogP contribution in [0.25, 0.3) is 33.8 Å². The topological polar surface area (TPSA) is 87.5 Å². The van der Waals surface area contributed by atoms with Crippen LogP contribution in [-0.2, 0) is 22.2 Å². The lowest BCUT2D eigenvalue weighted by Gasteiger charge is -2.24. The molecule has 6 rings (SSSR count). The number of benzene rings is 4. The van der Waals surface area contributed by atoms with Gasteiger partial charge >= 0.3 is 5.97 Å². The number of aromatic nitrogens is 2. The molecular weight excluding hydrogens is 541 g/mol. The quantitative estimate of drug-likeness (QED) is 0.228. The second kappa shape index (κ2) is 11.1. The van der Waals surface area contributed by atoms with Crippen molar-refractivity contribution in [2.75, 3.05) is 0 Å². The smallest absolute Gasteiger partial charge is 0.322 e. The Kier molecular flexibility index (Phi) is 7.25. The van der Waals surface area contributed by atoms with Crippen molar-refractivity contribution in [1.29, 1.82) is 0 Å². The Balaban J connectivity index is 1.40. The maximum atomic E-state index is 13.7. The molecule has 0 spiro atoms. The first-order valence-electron chi connectivity index (χ1n) is 12.8. The molecule has 7 nitrogen and oxygen atoms in total. The number of thiol groups is 1. The van der Waals surface area contributed by atoms with Crippen LogP contribution >= 0.6 is 12.6 Å². The molecule has 1 aromatic heterocycles. The van der Waals surface area contributed by atoms with Crippen LogP contribution in [-0.4, -0.2) is 40.9 Å². The third kappa shape index (κ3) is 5.19. The van der Waals surface area contributed by atoms with E-state index in [0.29, 0.717) is 10.7 Å². The minimum absolute atomic E-state index is 0.197. The van der Waals surface area contributed by atoms with Gasteiger partial charge in [0.2, 0.25) is 0 Å². The summed E-state index contributed by atoms with van der Waals surface area (Å²) >= 11 is 4.57. The molecule has 2 N–H and O–H groups in total. The first kappa shape index (κ1) is 26.1. The number of nitrogens with one attached hydrogen (secondary N) is 1.